The number of thiazole rings is 1. The predicted molar refractivity (Wildman–Crippen MR) is 121 cm³/mol. The van der Waals surface area contributed by atoms with Crippen LogP contribution in [0.15, 0.2) is 18.0 Å². The Morgan fingerprint density at radius 1 is 1.33 bits per heavy atom. The molecule has 7 heteroatoms. The normalized spacial score (nSPS) is 19.6. The van der Waals surface area contributed by atoms with Crippen molar-refractivity contribution in [1.29, 1.82) is 0 Å². The zero-order valence-corrected chi connectivity index (χ0v) is 19.1. The van der Waals surface area contributed by atoms with Crippen molar-refractivity contribution < 1.29 is 4.79 Å². The van der Waals surface area contributed by atoms with Crippen molar-refractivity contribution in [3.05, 3.63) is 45.7 Å². The fourth-order valence-corrected chi connectivity index (χ4v) is 5.38. The van der Waals surface area contributed by atoms with E-state index in [1.807, 2.05) is 15.7 Å². The molecular formula is C23H33N5OS. The second-order valence-corrected chi connectivity index (χ2v) is 9.68. The SMILES string of the molecule is C=CCn1nc(C(=O)N2CCCCCC2)c2c1CCC(N(C)Cc1csc(C)n1)C2. The van der Waals surface area contributed by atoms with Crippen LogP contribution in [-0.4, -0.2) is 56.7 Å². The molecule has 30 heavy (non-hydrogen) atoms. The quantitative estimate of drug-likeness (QED) is 0.658. The van der Waals surface area contributed by atoms with Gasteiger partial charge in [0.1, 0.15) is 0 Å². The van der Waals surface area contributed by atoms with Gasteiger partial charge in [0.2, 0.25) is 0 Å². The average Bonchev–Trinajstić information content (AvgIpc) is 3.19. The van der Waals surface area contributed by atoms with Crippen molar-refractivity contribution in [1.82, 2.24) is 24.6 Å². The zero-order valence-electron chi connectivity index (χ0n) is 18.3. The summed E-state index contributed by atoms with van der Waals surface area (Å²) in [6.45, 7) is 9.15. The third kappa shape index (κ3) is 4.52. The van der Waals surface area contributed by atoms with E-state index in [9.17, 15) is 4.79 Å². The first kappa shape index (κ1) is 21.2. The van der Waals surface area contributed by atoms with Crippen LogP contribution < -0.4 is 0 Å². The Hall–Kier alpha value is -1.99. The summed E-state index contributed by atoms with van der Waals surface area (Å²) in [4.78, 5) is 22.5. The van der Waals surface area contributed by atoms with E-state index in [1.165, 1.54) is 18.5 Å². The molecule has 1 saturated heterocycles. The number of aryl methyl sites for hydroxylation is 1. The highest BCUT2D eigenvalue weighted by Gasteiger charge is 2.32. The van der Waals surface area contributed by atoms with E-state index in [-0.39, 0.29) is 5.91 Å². The molecule has 4 rings (SSSR count). The van der Waals surface area contributed by atoms with Crippen LogP contribution >= 0.6 is 11.3 Å². The van der Waals surface area contributed by atoms with Crippen molar-refractivity contribution in [2.75, 3.05) is 20.1 Å². The van der Waals surface area contributed by atoms with Crippen molar-refractivity contribution in [2.45, 2.75) is 71.0 Å². The molecule has 0 saturated carbocycles. The topological polar surface area (TPSA) is 54.3 Å². The van der Waals surface area contributed by atoms with E-state index < -0.39 is 0 Å². The third-order valence-electron chi connectivity index (χ3n) is 6.42. The van der Waals surface area contributed by atoms with Crippen LogP contribution in [-0.2, 0) is 25.9 Å². The molecule has 1 unspecified atom stereocenters. The molecule has 2 aliphatic rings. The fraction of sp³-hybridized carbons (Fsp3) is 0.609. The lowest BCUT2D eigenvalue weighted by Gasteiger charge is -2.31. The lowest BCUT2D eigenvalue weighted by atomic mass is 9.90. The molecule has 1 fully saturated rings. The van der Waals surface area contributed by atoms with Gasteiger partial charge in [0.05, 0.1) is 17.2 Å². The second kappa shape index (κ2) is 9.43. The molecule has 2 aromatic heterocycles. The predicted octanol–water partition coefficient (Wildman–Crippen LogP) is 3.84. The van der Waals surface area contributed by atoms with Crippen molar-refractivity contribution in [2.24, 2.45) is 0 Å². The molecule has 0 N–H and O–H groups in total. The molecule has 0 radical (unpaired) electrons. The number of likely N-dealkylation sites (tertiary alicyclic amines) is 1. The molecule has 2 aromatic rings. The van der Waals surface area contributed by atoms with Crippen LogP contribution in [0.5, 0.6) is 0 Å². The molecule has 162 valence electrons. The van der Waals surface area contributed by atoms with E-state index in [2.05, 4.69) is 35.8 Å². The maximum absolute atomic E-state index is 13.4. The van der Waals surface area contributed by atoms with E-state index >= 15 is 0 Å². The first-order valence-electron chi connectivity index (χ1n) is 11.2. The summed E-state index contributed by atoms with van der Waals surface area (Å²) in [5.74, 6) is 0.120. The summed E-state index contributed by atoms with van der Waals surface area (Å²) < 4.78 is 2.01. The van der Waals surface area contributed by atoms with Gasteiger partial charge in [0.25, 0.3) is 5.91 Å². The van der Waals surface area contributed by atoms with Gasteiger partial charge in [-0.25, -0.2) is 4.98 Å². The number of hydrogen-bond donors (Lipinski definition) is 0. The standard InChI is InChI=1S/C23H33N5OS/c1-4-11-28-21-10-9-19(26(3)15-18-16-30-17(2)24-18)14-20(21)22(25-28)23(29)27-12-7-5-6-8-13-27/h4,16,19H,1,5-15H2,2-3H3. The van der Waals surface area contributed by atoms with Crippen LogP contribution in [0.25, 0.3) is 0 Å². The molecular weight excluding hydrogens is 394 g/mol. The molecule has 1 atom stereocenters. The Morgan fingerprint density at radius 2 is 2.10 bits per heavy atom. The summed E-state index contributed by atoms with van der Waals surface area (Å²) in [6, 6.07) is 0.400. The fourth-order valence-electron chi connectivity index (χ4n) is 4.78. The lowest BCUT2D eigenvalue weighted by Crippen LogP contribution is -2.37. The summed E-state index contributed by atoms with van der Waals surface area (Å²) >= 11 is 1.70. The van der Waals surface area contributed by atoms with Gasteiger partial charge in [-0.2, -0.15) is 5.10 Å². The summed E-state index contributed by atoms with van der Waals surface area (Å²) in [7, 11) is 2.18. The van der Waals surface area contributed by atoms with Gasteiger partial charge in [0.15, 0.2) is 5.69 Å². The second-order valence-electron chi connectivity index (χ2n) is 8.62. The minimum Gasteiger partial charge on any atom is -0.337 e. The summed E-state index contributed by atoms with van der Waals surface area (Å²) in [6.07, 6.45) is 9.41. The molecule has 3 heterocycles. The highest BCUT2D eigenvalue weighted by molar-refractivity contribution is 7.09. The zero-order chi connectivity index (χ0) is 21.1. The maximum atomic E-state index is 13.4. The molecule has 1 aliphatic heterocycles. The van der Waals surface area contributed by atoms with Crippen LogP contribution in [0.4, 0.5) is 0 Å². The van der Waals surface area contributed by atoms with Gasteiger partial charge in [-0.3, -0.25) is 14.4 Å². The molecule has 0 spiro atoms. The number of amides is 1. The van der Waals surface area contributed by atoms with Crippen LogP contribution in [0.1, 0.15) is 64.6 Å². The lowest BCUT2D eigenvalue weighted by molar-refractivity contribution is 0.0753. The summed E-state index contributed by atoms with van der Waals surface area (Å²) in [5.41, 5.74) is 4.19. The smallest absolute Gasteiger partial charge is 0.274 e. The Balaban J connectivity index is 1.56. The number of carbonyl (C=O) groups is 1. The Morgan fingerprint density at radius 3 is 2.77 bits per heavy atom. The monoisotopic (exact) mass is 427 g/mol. The van der Waals surface area contributed by atoms with Gasteiger partial charge in [-0.15, -0.1) is 17.9 Å². The number of nitrogens with zero attached hydrogens (tertiary/aromatic N) is 5. The number of aromatic nitrogens is 3. The highest BCUT2D eigenvalue weighted by atomic mass is 32.1. The molecule has 1 aliphatic carbocycles. The highest BCUT2D eigenvalue weighted by Crippen LogP contribution is 2.29. The minimum atomic E-state index is 0.120. The Kier molecular flexibility index (Phi) is 6.68. The first-order chi connectivity index (χ1) is 14.6. The van der Waals surface area contributed by atoms with E-state index in [4.69, 9.17) is 5.10 Å². The van der Waals surface area contributed by atoms with E-state index in [0.29, 0.717) is 18.3 Å². The van der Waals surface area contributed by atoms with Crippen LogP contribution in [0.3, 0.4) is 0 Å². The van der Waals surface area contributed by atoms with Crippen LogP contribution in [0, 0.1) is 6.92 Å². The maximum Gasteiger partial charge on any atom is 0.274 e. The molecule has 0 aromatic carbocycles. The van der Waals surface area contributed by atoms with E-state index in [1.54, 1.807) is 11.3 Å². The molecule has 6 nitrogen and oxygen atoms in total. The van der Waals surface area contributed by atoms with Crippen molar-refractivity contribution in [3.8, 4) is 0 Å². The summed E-state index contributed by atoms with van der Waals surface area (Å²) in [5, 5.41) is 8.05. The largest absolute Gasteiger partial charge is 0.337 e. The number of hydrogen-bond acceptors (Lipinski definition) is 5. The Labute approximate surface area is 183 Å². The number of rotatable bonds is 6. The van der Waals surface area contributed by atoms with Gasteiger partial charge < -0.3 is 4.90 Å². The van der Waals surface area contributed by atoms with Gasteiger partial charge in [-0.1, -0.05) is 18.9 Å². The molecule has 0 bridgehead atoms. The van der Waals surface area contributed by atoms with Gasteiger partial charge in [-0.05, 0) is 46.1 Å². The van der Waals surface area contributed by atoms with Crippen LogP contribution in [0.2, 0.25) is 0 Å². The molecule has 1 amide bonds. The number of carbonyl (C=O) groups excluding carboxylic acids is 1. The van der Waals surface area contributed by atoms with E-state index in [0.717, 1.165) is 68.0 Å². The van der Waals surface area contributed by atoms with Crippen molar-refractivity contribution >= 4 is 17.2 Å². The number of allylic oxidation sites excluding steroid dienone is 1. The average molecular weight is 428 g/mol. The van der Waals surface area contributed by atoms with Gasteiger partial charge in [0, 0.05) is 42.3 Å². The number of fused-ring (bicyclic) bond motifs is 1. The number of likely N-dealkylation sites (N-methyl/N-ethyl adjacent to an activating group) is 1. The van der Waals surface area contributed by atoms with Crippen molar-refractivity contribution in [3.63, 3.8) is 0 Å². The minimum absolute atomic E-state index is 0.120. The Bertz CT molecular complexity index is 894. The third-order valence-corrected chi connectivity index (χ3v) is 7.24. The van der Waals surface area contributed by atoms with Gasteiger partial charge >= 0.3 is 0 Å². The first-order valence-corrected chi connectivity index (χ1v) is 12.0.